The minimum absolute atomic E-state index is 0.0944. The summed E-state index contributed by atoms with van der Waals surface area (Å²) in [7, 11) is 1.29. The Labute approximate surface area is 139 Å². The van der Waals surface area contributed by atoms with Crippen LogP contribution in [0.15, 0.2) is 40.8 Å². The van der Waals surface area contributed by atoms with E-state index in [1.807, 2.05) is 18.2 Å². The number of anilines is 2. The van der Waals surface area contributed by atoms with Crippen molar-refractivity contribution in [2.24, 2.45) is 0 Å². The number of hydrogen-bond donors (Lipinski definition) is 2. The number of benzene rings is 2. The molecule has 6 nitrogen and oxygen atoms in total. The Bertz CT molecular complexity index is 899. The first-order chi connectivity index (χ1) is 11.5. The van der Waals surface area contributed by atoms with Crippen LogP contribution in [0.25, 0.3) is 11.1 Å². The highest BCUT2D eigenvalue weighted by atomic mass is 16.5. The van der Waals surface area contributed by atoms with Gasteiger partial charge in [-0.2, -0.15) is 4.98 Å². The van der Waals surface area contributed by atoms with E-state index in [4.69, 9.17) is 4.42 Å². The Morgan fingerprint density at radius 1 is 1.25 bits per heavy atom. The molecule has 0 aliphatic carbocycles. The van der Waals surface area contributed by atoms with Gasteiger partial charge in [0, 0.05) is 0 Å². The number of phenols is 1. The van der Waals surface area contributed by atoms with Crippen LogP contribution in [0.5, 0.6) is 5.75 Å². The molecule has 0 aliphatic heterocycles. The Hall–Kier alpha value is -3.02. The molecule has 0 aliphatic rings. The number of carbonyl (C=O) groups excluding carboxylic acids is 1. The molecule has 0 bridgehead atoms. The van der Waals surface area contributed by atoms with Crippen molar-refractivity contribution in [3.8, 4) is 5.75 Å². The Morgan fingerprint density at radius 3 is 2.71 bits per heavy atom. The molecule has 124 valence electrons. The van der Waals surface area contributed by atoms with Crippen LogP contribution in [0.1, 0.15) is 35.7 Å². The topological polar surface area (TPSA) is 84.6 Å². The van der Waals surface area contributed by atoms with Gasteiger partial charge in [-0.25, -0.2) is 4.79 Å². The molecule has 1 aromatic heterocycles. The summed E-state index contributed by atoms with van der Waals surface area (Å²) in [5, 5.41) is 13.0. The molecule has 0 unspecified atom stereocenters. The SMILES string of the molecule is COC(=O)c1ccc(Nc2nc3cc(C(C)C)ccc3o2)c(O)c1. The van der Waals surface area contributed by atoms with Crippen LogP contribution in [0.3, 0.4) is 0 Å². The lowest BCUT2D eigenvalue weighted by molar-refractivity contribution is 0.0600. The first kappa shape index (κ1) is 15.9. The molecular formula is C18H18N2O4. The molecule has 6 heteroatoms. The first-order valence-electron chi connectivity index (χ1n) is 7.57. The summed E-state index contributed by atoms with van der Waals surface area (Å²) in [6, 6.07) is 10.6. The number of aromatic hydroxyl groups is 1. The van der Waals surface area contributed by atoms with E-state index in [1.165, 1.54) is 18.7 Å². The molecule has 2 aromatic carbocycles. The monoisotopic (exact) mass is 326 g/mol. The molecule has 0 spiro atoms. The lowest BCUT2D eigenvalue weighted by atomic mass is 10.0. The van der Waals surface area contributed by atoms with Crippen LogP contribution in [0.2, 0.25) is 0 Å². The molecule has 3 rings (SSSR count). The number of esters is 1. The number of phenolic OH excluding ortho intramolecular Hbond substituents is 1. The minimum Gasteiger partial charge on any atom is -0.506 e. The van der Waals surface area contributed by atoms with Gasteiger partial charge in [-0.3, -0.25) is 0 Å². The van der Waals surface area contributed by atoms with E-state index in [-0.39, 0.29) is 17.3 Å². The number of methoxy groups -OCH3 is 1. The van der Waals surface area contributed by atoms with Crippen molar-refractivity contribution in [2.75, 3.05) is 12.4 Å². The Kier molecular flexibility index (Phi) is 4.12. The van der Waals surface area contributed by atoms with Gasteiger partial charge in [-0.05, 0) is 41.8 Å². The second-order valence-corrected chi connectivity index (χ2v) is 5.75. The summed E-state index contributed by atoms with van der Waals surface area (Å²) in [5.41, 5.74) is 3.23. The predicted octanol–water partition coefficient (Wildman–Crippen LogP) is 4.19. The molecule has 24 heavy (non-hydrogen) atoms. The summed E-state index contributed by atoms with van der Waals surface area (Å²) in [5.74, 6) is -0.208. The fourth-order valence-corrected chi connectivity index (χ4v) is 2.35. The van der Waals surface area contributed by atoms with Crippen LogP contribution < -0.4 is 5.32 Å². The van der Waals surface area contributed by atoms with Crippen molar-refractivity contribution in [1.29, 1.82) is 0 Å². The normalized spacial score (nSPS) is 11.0. The van der Waals surface area contributed by atoms with Gasteiger partial charge in [0.05, 0.1) is 18.4 Å². The summed E-state index contributed by atoms with van der Waals surface area (Å²) in [4.78, 5) is 15.8. The summed E-state index contributed by atoms with van der Waals surface area (Å²) < 4.78 is 10.3. The molecule has 3 aromatic rings. The molecule has 0 atom stereocenters. The van der Waals surface area contributed by atoms with Crippen molar-refractivity contribution in [3.63, 3.8) is 0 Å². The molecule has 0 saturated heterocycles. The van der Waals surface area contributed by atoms with Crippen molar-refractivity contribution in [2.45, 2.75) is 19.8 Å². The predicted molar refractivity (Wildman–Crippen MR) is 90.8 cm³/mol. The fraction of sp³-hybridized carbons (Fsp3) is 0.222. The molecule has 0 saturated carbocycles. The van der Waals surface area contributed by atoms with Crippen molar-refractivity contribution in [3.05, 3.63) is 47.5 Å². The first-order valence-corrected chi connectivity index (χ1v) is 7.57. The highest BCUT2D eigenvalue weighted by molar-refractivity contribution is 5.90. The van der Waals surface area contributed by atoms with Gasteiger partial charge in [0.2, 0.25) is 0 Å². The van der Waals surface area contributed by atoms with Crippen LogP contribution in [-0.4, -0.2) is 23.2 Å². The third-order valence-electron chi connectivity index (χ3n) is 3.74. The fourth-order valence-electron chi connectivity index (χ4n) is 2.35. The van der Waals surface area contributed by atoms with E-state index in [9.17, 15) is 9.90 Å². The van der Waals surface area contributed by atoms with Crippen molar-refractivity contribution >= 4 is 28.8 Å². The van der Waals surface area contributed by atoms with Gasteiger partial charge >= 0.3 is 5.97 Å². The standard InChI is InChI=1S/C18H18N2O4/c1-10(2)11-5-7-16-14(8-11)20-18(24-16)19-13-6-4-12(9-15(13)21)17(22)23-3/h4-10,21H,1-3H3,(H,19,20). The number of nitrogens with zero attached hydrogens (tertiary/aromatic N) is 1. The summed E-state index contributed by atoms with van der Waals surface area (Å²) in [6.45, 7) is 4.22. The lowest BCUT2D eigenvalue weighted by Crippen LogP contribution is -2.01. The van der Waals surface area contributed by atoms with Crippen molar-refractivity contribution in [1.82, 2.24) is 4.98 Å². The van der Waals surface area contributed by atoms with Crippen LogP contribution in [0, 0.1) is 0 Å². The van der Waals surface area contributed by atoms with Crippen molar-refractivity contribution < 1.29 is 19.1 Å². The van der Waals surface area contributed by atoms with E-state index >= 15 is 0 Å². The smallest absolute Gasteiger partial charge is 0.337 e. The van der Waals surface area contributed by atoms with Gasteiger partial charge in [-0.15, -0.1) is 0 Å². The molecular weight excluding hydrogens is 308 g/mol. The van der Waals surface area contributed by atoms with E-state index in [2.05, 4.69) is 28.9 Å². The lowest BCUT2D eigenvalue weighted by Gasteiger charge is -2.06. The number of ether oxygens (including phenoxy) is 1. The number of oxazole rings is 1. The van der Waals surface area contributed by atoms with Crippen LogP contribution in [0.4, 0.5) is 11.7 Å². The van der Waals surface area contributed by atoms with Gasteiger partial charge in [0.1, 0.15) is 11.3 Å². The van der Waals surface area contributed by atoms with Gasteiger partial charge in [0.15, 0.2) is 5.58 Å². The molecule has 1 heterocycles. The Morgan fingerprint density at radius 2 is 2.04 bits per heavy atom. The number of fused-ring (bicyclic) bond motifs is 1. The Balaban J connectivity index is 1.88. The van der Waals surface area contributed by atoms with Gasteiger partial charge in [-0.1, -0.05) is 19.9 Å². The van der Waals surface area contributed by atoms with Crippen LogP contribution in [-0.2, 0) is 4.74 Å². The number of rotatable bonds is 4. The second kappa shape index (κ2) is 6.23. The summed E-state index contributed by atoms with van der Waals surface area (Å²) in [6.07, 6.45) is 0. The zero-order chi connectivity index (χ0) is 17.3. The number of carbonyl (C=O) groups is 1. The quantitative estimate of drug-likeness (QED) is 0.552. The zero-order valence-electron chi connectivity index (χ0n) is 13.7. The molecule has 2 N–H and O–H groups in total. The van der Waals surface area contributed by atoms with Gasteiger partial charge in [0.25, 0.3) is 6.01 Å². The molecule has 0 radical (unpaired) electrons. The highest BCUT2D eigenvalue weighted by Gasteiger charge is 2.12. The maximum absolute atomic E-state index is 11.5. The number of hydrogen-bond acceptors (Lipinski definition) is 6. The third-order valence-corrected chi connectivity index (χ3v) is 3.74. The second-order valence-electron chi connectivity index (χ2n) is 5.75. The summed E-state index contributed by atoms with van der Waals surface area (Å²) >= 11 is 0. The number of nitrogens with one attached hydrogen (secondary N) is 1. The highest BCUT2D eigenvalue weighted by Crippen LogP contribution is 2.30. The largest absolute Gasteiger partial charge is 0.506 e. The maximum Gasteiger partial charge on any atom is 0.337 e. The van der Waals surface area contributed by atoms with Crippen LogP contribution >= 0.6 is 0 Å². The maximum atomic E-state index is 11.5. The van der Waals surface area contributed by atoms with Gasteiger partial charge < -0.3 is 19.6 Å². The third kappa shape index (κ3) is 3.03. The van der Waals surface area contributed by atoms with E-state index in [1.54, 1.807) is 12.1 Å². The molecule has 0 amide bonds. The van der Waals surface area contributed by atoms with E-state index in [0.717, 1.165) is 5.52 Å². The number of aromatic nitrogens is 1. The van der Waals surface area contributed by atoms with E-state index in [0.29, 0.717) is 17.2 Å². The average molecular weight is 326 g/mol. The minimum atomic E-state index is -0.514. The zero-order valence-corrected chi connectivity index (χ0v) is 13.7. The molecule has 0 fully saturated rings. The average Bonchev–Trinajstić information content (AvgIpc) is 2.97. The van der Waals surface area contributed by atoms with E-state index < -0.39 is 5.97 Å².